The van der Waals surface area contributed by atoms with E-state index in [1.807, 2.05) is 13.0 Å². The van der Waals surface area contributed by atoms with Crippen LogP contribution in [0.15, 0.2) is 18.2 Å². The van der Waals surface area contributed by atoms with Crippen molar-refractivity contribution in [3.05, 3.63) is 29.3 Å². The number of nitrogens with one attached hydrogen (secondary N) is 2. The number of benzene rings is 1. The first kappa shape index (κ1) is 15.8. The lowest BCUT2D eigenvalue weighted by Crippen LogP contribution is -2.37. The van der Waals surface area contributed by atoms with Crippen molar-refractivity contribution in [3.8, 4) is 5.75 Å². The Morgan fingerprint density at radius 1 is 1.38 bits per heavy atom. The molecule has 1 aliphatic carbocycles. The summed E-state index contributed by atoms with van der Waals surface area (Å²) in [7, 11) is 0. The lowest BCUT2D eigenvalue weighted by molar-refractivity contribution is -0.127. The highest BCUT2D eigenvalue weighted by molar-refractivity contribution is 5.81. The molecule has 4 nitrogen and oxygen atoms in total. The first-order valence-corrected chi connectivity index (χ1v) is 7.82. The van der Waals surface area contributed by atoms with E-state index in [-0.39, 0.29) is 5.91 Å². The summed E-state index contributed by atoms with van der Waals surface area (Å²) in [6, 6.07) is 6.82. The third kappa shape index (κ3) is 4.46. The van der Waals surface area contributed by atoms with Gasteiger partial charge >= 0.3 is 0 Å². The van der Waals surface area contributed by atoms with Crippen LogP contribution in [0.5, 0.6) is 5.75 Å². The summed E-state index contributed by atoms with van der Waals surface area (Å²) >= 11 is 0. The molecule has 0 saturated heterocycles. The van der Waals surface area contributed by atoms with Gasteiger partial charge in [-0.3, -0.25) is 4.79 Å². The maximum atomic E-state index is 11.9. The standard InChI is InChI=1S/C17H26N2O2/c1-5-18-12(3)14-6-9-16(11(2)10-14)21-13(4)17(20)19-15-7-8-15/h6,9-10,12-13,15,18H,5,7-8H2,1-4H3,(H,19,20). The van der Waals surface area contributed by atoms with Crippen LogP contribution in [0.25, 0.3) is 0 Å². The van der Waals surface area contributed by atoms with E-state index in [9.17, 15) is 4.79 Å². The van der Waals surface area contributed by atoms with E-state index in [0.29, 0.717) is 12.1 Å². The van der Waals surface area contributed by atoms with Crippen LogP contribution >= 0.6 is 0 Å². The molecule has 1 fully saturated rings. The number of carbonyl (C=O) groups is 1. The van der Waals surface area contributed by atoms with E-state index < -0.39 is 6.10 Å². The summed E-state index contributed by atoms with van der Waals surface area (Å²) in [4.78, 5) is 11.9. The molecule has 2 rings (SSSR count). The Morgan fingerprint density at radius 3 is 2.67 bits per heavy atom. The maximum absolute atomic E-state index is 11.9. The SMILES string of the molecule is CCNC(C)c1ccc(OC(C)C(=O)NC2CC2)c(C)c1. The molecule has 0 aromatic heterocycles. The fourth-order valence-corrected chi connectivity index (χ4v) is 2.29. The van der Waals surface area contributed by atoms with Crippen molar-refractivity contribution < 1.29 is 9.53 Å². The van der Waals surface area contributed by atoms with Gasteiger partial charge in [0, 0.05) is 12.1 Å². The zero-order valence-corrected chi connectivity index (χ0v) is 13.4. The summed E-state index contributed by atoms with van der Waals surface area (Å²) in [5.41, 5.74) is 2.29. The molecule has 0 spiro atoms. The smallest absolute Gasteiger partial charge is 0.260 e. The molecule has 1 aliphatic rings. The molecular weight excluding hydrogens is 264 g/mol. The fraction of sp³-hybridized carbons (Fsp3) is 0.588. The van der Waals surface area contributed by atoms with Gasteiger partial charge in [0.15, 0.2) is 6.10 Å². The summed E-state index contributed by atoms with van der Waals surface area (Å²) in [6.45, 7) is 9.00. The number of hydrogen-bond donors (Lipinski definition) is 2. The molecule has 4 heteroatoms. The zero-order valence-electron chi connectivity index (χ0n) is 13.4. The minimum Gasteiger partial charge on any atom is -0.481 e. The summed E-state index contributed by atoms with van der Waals surface area (Å²) in [5, 5.41) is 6.36. The van der Waals surface area contributed by atoms with Crippen LogP contribution in [-0.2, 0) is 4.79 Å². The summed E-state index contributed by atoms with van der Waals surface area (Å²) in [6.07, 6.45) is 1.73. The predicted octanol–water partition coefficient (Wildman–Crippen LogP) is 2.71. The van der Waals surface area contributed by atoms with Crippen molar-refractivity contribution in [2.24, 2.45) is 0 Å². The molecular formula is C17H26N2O2. The normalized spacial score (nSPS) is 17.1. The van der Waals surface area contributed by atoms with Crippen LogP contribution < -0.4 is 15.4 Å². The second-order valence-electron chi connectivity index (χ2n) is 5.85. The minimum absolute atomic E-state index is 0.0259. The van der Waals surface area contributed by atoms with Crippen LogP contribution in [0.2, 0.25) is 0 Å². The van der Waals surface area contributed by atoms with Gasteiger partial charge in [-0.05, 0) is 57.4 Å². The number of hydrogen-bond acceptors (Lipinski definition) is 3. The van der Waals surface area contributed by atoms with E-state index >= 15 is 0 Å². The Labute approximate surface area is 127 Å². The maximum Gasteiger partial charge on any atom is 0.260 e. The average Bonchev–Trinajstić information content (AvgIpc) is 3.25. The molecule has 1 amide bonds. The molecule has 1 saturated carbocycles. The lowest BCUT2D eigenvalue weighted by Gasteiger charge is -2.18. The first-order valence-electron chi connectivity index (χ1n) is 7.82. The van der Waals surface area contributed by atoms with Gasteiger partial charge in [0.2, 0.25) is 0 Å². The lowest BCUT2D eigenvalue weighted by atomic mass is 10.0. The topological polar surface area (TPSA) is 50.4 Å². The van der Waals surface area contributed by atoms with Crippen LogP contribution in [0.4, 0.5) is 0 Å². The quantitative estimate of drug-likeness (QED) is 0.812. The average molecular weight is 290 g/mol. The summed E-state index contributed by atoms with van der Waals surface area (Å²) in [5.74, 6) is 0.753. The second kappa shape index (κ2) is 6.94. The molecule has 0 radical (unpaired) electrons. The van der Waals surface area contributed by atoms with E-state index in [1.165, 1.54) is 5.56 Å². The number of aryl methyl sites for hydroxylation is 1. The third-order valence-corrected chi connectivity index (χ3v) is 3.81. The molecule has 1 aromatic carbocycles. The second-order valence-corrected chi connectivity index (χ2v) is 5.85. The van der Waals surface area contributed by atoms with Gasteiger partial charge in [0.05, 0.1) is 0 Å². The van der Waals surface area contributed by atoms with Gasteiger partial charge in [0.1, 0.15) is 5.75 Å². The minimum atomic E-state index is -0.457. The van der Waals surface area contributed by atoms with Gasteiger partial charge in [0.25, 0.3) is 5.91 Å². The number of carbonyl (C=O) groups excluding carboxylic acids is 1. The highest BCUT2D eigenvalue weighted by atomic mass is 16.5. The predicted molar refractivity (Wildman–Crippen MR) is 84.5 cm³/mol. The van der Waals surface area contributed by atoms with Crippen molar-refractivity contribution in [2.45, 2.75) is 58.7 Å². The summed E-state index contributed by atoms with van der Waals surface area (Å²) < 4.78 is 5.80. The Morgan fingerprint density at radius 2 is 2.10 bits per heavy atom. The molecule has 2 N–H and O–H groups in total. The fourth-order valence-electron chi connectivity index (χ4n) is 2.29. The Kier molecular flexibility index (Phi) is 5.23. The molecule has 116 valence electrons. The van der Waals surface area contributed by atoms with Crippen molar-refractivity contribution in [1.29, 1.82) is 0 Å². The number of rotatable bonds is 7. The number of amides is 1. The molecule has 21 heavy (non-hydrogen) atoms. The molecule has 2 atom stereocenters. The van der Waals surface area contributed by atoms with Gasteiger partial charge < -0.3 is 15.4 Å². The Balaban J connectivity index is 1.97. The molecule has 2 unspecified atom stereocenters. The molecule has 1 aromatic rings. The first-order chi connectivity index (χ1) is 10.0. The van der Waals surface area contributed by atoms with E-state index in [1.54, 1.807) is 6.92 Å². The highest BCUT2D eigenvalue weighted by Gasteiger charge is 2.26. The van der Waals surface area contributed by atoms with Crippen molar-refractivity contribution in [2.75, 3.05) is 6.54 Å². The molecule has 0 heterocycles. The monoisotopic (exact) mass is 290 g/mol. The van der Waals surface area contributed by atoms with Crippen molar-refractivity contribution >= 4 is 5.91 Å². The number of ether oxygens (including phenoxy) is 1. The van der Waals surface area contributed by atoms with Gasteiger partial charge in [-0.1, -0.05) is 19.1 Å². The van der Waals surface area contributed by atoms with E-state index in [0.717, 1.165) is 30.7 Å². The molecule has 0 aliphatic heterocycles. The van der Waals surface area contributed by atoms with E-state index in [2.05, 4.69) is 36.6 Å². The van der Waals surface area contributed by atoms with Crippen molar-refractivity contribution in [3.63, 3.8) is 0 Å². The van der Waals surface area contributed by atoms with Gasteiger partial charge in [-0.15, -0.1) is 0 Å². The van der Waals surface area contributed by atoms with Gasteiger partial charge in [-0.25, -0.2) is 0 Å². The van der Waals surface area contributed by atoms with Crippen LogP contribution in [-0.4, -0.2) is 24.6 Å². The van der Waals surface area contributed by atoms with E-state index in [4.69, 9.17) is 4.74 Å². The van der Waals surface area contributed by atoms with Crippen molar-refractivity contribution in [1.82, 2.24) is 10.6 Å². The zero-order chi connectivity index (χ0) is 15.4. The molecule has 0 bridgehead atoms. The largest absolute Gasteiger partial charge is 0.481 e. The highest BCUT2D eigenvalue weighted by Crippen LogP contribution is 2.24. The van der Waals surface area contributed by atoms with Crippen LogP contribution in [0.3, 0.4) is 0 Å². The van der Waals surface area contributed by atoms with Crippen LogP contribution in [0.1, 0.15) is 50.8 Å². The Bertz CT molecular complexity index is 498. The van der Waals surface area contributed by atoms with Gasteiger partial charge in [-0.2, -0.15) is 0 Å². The third-order valence-electron chi connectivity index (χ3n) is 3.81. The Hall–Kier alpha value is -1.55. The van der Waals surface area contributed by atoms with Crippen LogP contribution in [0, 0.1) is 6.92 Å².